The highest BCUT2D eigenvalue weighted by Crippen LogP contribution is 2.18. The minimum absolute atomic E-state index is 0.453. The van der Waals surface area contributed by atoms with Crippen molar-refractivity contribution in [2.45, 2.75) is 12.8 Å². The third-order valence-corrected chi connectivity index (χ3v) is 1.80. The van der Waals surface area contributed by atoms with Crippen LogP contribution in [0.25, 0.3) is 0 Å². The van der Waals surface area contributed by atoms with Gasteiger partial charge >= 0.3 is 8.25 Å². The zero-order valence-corrected chi connectivity index (χ0v) is 8.78. The smallest absolute Gasteiger partial charge is 0.237 e. The summed E-state index contributed by atoms with van der Waals surface area (Å²) in [7, 11) is -2.57. The molecule has 0 fully saturated rings. The average Bonchev–Trinajstić information content (AvgIpc) is 2.01. The SMILES string of the molecule is O=[P+](O)OC=C(CCCl)CCCl. The molecule has 0 heterocycles. The molecule has 0 aliphatic carbocycles. The van der Waals surface area contributed by atoms with Crippen molar-refractivity contribution in [3.63, 3.8) is 0 Å². The molecule has 0 spiro atoms. The van der Waals surface area contributed by atoms with Gasteiger partial charge < -0.3 is 0 Å². The second-order valence-electron chi connectivity index (χ2n) is 2.00. The first-order valence-corrected chi connectivity index (χ1v) is 5.53. The van der Waals surface area contributed by atoms with Gasteiger partial charge in [0.2, 0.25) is 0 Å². The molecular formula is C6H10Cl2O3P+. The van der Waals surface area contributed by atoms with Crippen molar-refractivity contribution in [2.75, 3.05) is 11.8 Å². The Morgan fingerprint density at radius 2 is 1.92 bits per heavy atom. The average molecular weight is 232 g/mol. The molecule has 0 aromatic heterocycles. The molecule has 0 aromatic rings. The van der Waals surface area contributed by atoms with Gasteiger partial charge in [-0.05, 0) is 18.4 Å². The topological polar surface area (TPSA) is 46.5 Å². The van der Waals surface area contributed by atoms with E-state index < -0.39 is 8.25 Å². The Hall–Kier alpha value is 0.180. The van der Waals surface area contributed by atoms with Crippen LogP contribution in [0.3, 0.4) is 0 Å². The number of hydrogen-bond donors (Lipinski definition) is 1. The van der Waals surface area contributed by atoms with Crippen LogP contribution in [0.5, 0.6) is 0 Å². The van der Waals surface area contributed by atoms with Crippen LogP contribution in [-0.4, -0.2) is 16.7 Å². The molecule has 3 nitrogen and oxygen atoms in total. The Bertz CT molecular complexity index is 164. The van der Waals surface area contributed by atoms with Gasteiger partial charge in [-0.2, -0.15) is 0 Å². The fourth-order valence-electron chi connectivity index (χ4n) is 0.605. The van der Waals surface area contributed by atoms with E-state index in [2.05, 4.69) is 4.52 Å². The van der Waals surface area contributed by atoms with Crippen LogP contribution in [-0.2, 0) is 9.09 Å². The third kappa shape index (κ3) is 6.86. The van der Waals surface area contributed by atoms with E-state index in [4.69, 9.17) is 28.1 Å². The van der Waals surface area contributed by atoms with E-state index in [1.807, 2.05) is 0 Å². The van der Waals surface area contributed by atoms with Gasteiger partial charge in [0.25, 0.3) is 0 Å². The summed E-state index contributed by atoms with van der Waals surface area (Å²) < 4.78 is 14.5. The molecule has 0 bridgehead atoms. The van der Waals surface area contributed by atoms with Crippen molar-refractivity contribution < 1.29 is 14.0 Å². The maximum absolute atomic E-state index is 10.1. The van der Waals surface area contributed by atoms with Gasteiger partial charge in [-0.3, -0.25) is 0 Å². The summed E-state index contributed by atoms with van der Waals surface area (Å²) in [6, 6.07) is 0. The quantitative estimate of drug-likeness (QED) is 0.435. The zero-order valence-electron chi connectivity index (χ0n) is 6.37. The predicted octanol–water partition coefficient (Wildman–Crippen LogP) is 2.79. The Kier molecular flexibility index (Phi) is 7.93. The summed E-state index contributed by atoms with van der Waals surface area (Å²) in [5.41, 5.74) is 0.845. The molecule has 6 heteroatoms. The lowest BCUT2D eigenvalue weighted by atomic mass is 10.2. The van der Waals surface area contributed by atoms with Crippen LogP contribution in [0.4, 0.5) is 0 Å². The number of hydrogen-bond acceptors (Lipinski definition) is 2. The van der Waals surface area contributed by atoms with Crippen LogP contribution >= 0.6 is 31.5 Å². The molecule has 0 rings (SSSR count). The molecule has 0 aliphatic rings. The first-order valence-electron chi connectivity index (χ1n) is 3.33. The predicted molar refractivity (Wildman–Crippen MR) is 49.7 cm³/mol. The normalized spacial score (nSPS) is 10.8. The van der Waals surface area contributed by atoms with Gasteiger partial charge in [0.05, 0.1) is 0 Å². The lowest BCUT2D eigenvalue weighted by Crippen LogP contribution is -1.87. The fourth-order valence-corrected chi connectivity index (χ4v) is 1.33. The molecule has 12 heavy (non-hydrogen) atoms. The van der Waals surface area contributed by atoms with Crippen LogP contribution < -0.4 is 0 Å². The van der Waals surface area contributed by atoms with Gasteiger partial charge in [-0.15, -0.1) is 28.1 Å². The first-order chi connectivity index (χ1) is 5.70. The summed E-state index contributed by atoms with van der Waals surface area (Å²) in [5, 5.41) is 0. The number of alkyl halides is 2. The summed E-state index contributed by atoms with van der Waals surface area (Å²) in [4.78, 5) is 8.31. The second kappa shape index (κ2) is 7.81. The third-order valence-electron chi connectivity index (χ3n) is 1.14. The molecule has 70 valence electrons. The molecule has 1 atom stereocenters. The van der Waals surface area contributed by atoms with Crippen molar-refractivity contribution in [3.05, 3.63) is 11.8 Å². The van der Waals surface area contributed by atoms with Gasteiger partial charge in [0, 0.05) is 16.3 Å². The molecule has 0 saturated heterocycles. The van der Waals surface area contributed by atoms with Crippen LogP contribution in [0.15, 0.2) is 11.8 Å². The molecule has 0 radical (unpaired) electrons. The zero-order chi connectivity index (χ0) is 9.40. The van der Waals surface area contributed by atoms with E-state index in [-0.39, 0.29) is 0 Å². The van der Waals surface area contributed by atoms with E-state index in [0.717, 1.165) is 5.57 Å². The highest BCUT2D eigenvalue weighted by molar-refractivity contribution is 7.32. The maximum atomic E-state index is 10.1. The highest BCUT2D eigenvalue weighted by Gasteiger charge is 2.09. The van der Waals surface area contributed by atoms with Crippen LogP contribution in [0.2, 0.25) is 0 Å². The highest BCUT2D eigenvalue weighted by atomic mass is 35.5. The van der Waals surface area contributed by atoms with E-state index in [9.17, 15) is 4.57 Å². The second-order valence-corrected chi connectivity index (χ2v) is 3.44. The molecule has 0 saturated carbocycles. The minimum Gasteiger partial charge on any atom is -0.237 e. The lowest BCUT2D eigenvalue weighted by Gasteiger charge is -1.97. The van der Waals surface area contributed by atoms with Crippen molar-refractivity contribution in [3.8, 4) is 0 Å². The van der Waals surface area contributed by atoms with Crippen molar-refractivity contribution in [1.29, 1.82) is 0 Å². The van der Waals surface area contributed by atoms with Crippen molar-refractivity contribution in [1.82, 2.24) is 0 Å². The van der Waals surface area contributed by atoms with E-state index in [1.165, 1.54) is 6.26 Å². The van der Waals surface area contributed by atoms with E-state index in [0.29, 0.717) is 24.6 Å². The van der Waals surface area contributed by atoms with Gasteiger partial charge in [0.1, 0.15) is 0 Å². The molecule has 0 amide bonds. The van der Waals surface area contributed by atoms with Crippen molar-refractivity contribution in [2.24, 2.45) is 0 Å². The number of rotatable bonds is 6. The largest absolute Gasteiger partial charge is 0.746 e. The molecule has 1 unspecified atom stereocenters. The summed E-state index contributed by atoms with van der Waals surface area (Å²) in [6.45, 7) is 0. The molecule has 0 aliphatic heterocycles. The summed E-state index contributed by atoms with van der Waals surface area (Å²) in [5.74, 6) is 0.905. The molecule has 0 aromatic carbocycles. The van der Waals surface area contributed by atoms with E-state index in [1.54, 1.807) is 0 Å². The maximum Gasteiger partial charge on any atom is 0.746 e. The van der Waals surface area contributed by atoms with Crippen LogP contribution in [0.1, 0.15) is 12.8 Å². The Balaban J connectivity index is 3.89. The Morgan fingerprint density at radius 3 is 2.25 bits per heavy atom. The number of halogens is 2. The lowest BCUT2D eigenvalue weighted by molar-refractivity contribution is 0.374. The monoisotopic (exact) mass is 231 g/mol. The standard InChI is InChI=1S/C6H9Cl2O3P/c7-3-1-6(2-4-8)5-11-12(9)10/h5H,1-4H2/p+1. The van der Waals surface area contributed by atoms with Gasteiger partial charge in [-0.1, -0.05) is 0 Å². The minimum atomic E-state index is -2.57. The Morgan fingerprint density at radius 1 is 1.42 bits per heavy atom. The summed E-state index contributed by atoms with van der Waals surface area (Å²) in [6.07, 6.45) is 2.50. The fraction of sp³-hybridized carbons (Fsp3) is 0.667. The Labute approximate surface area is 82.3 Å². The van der Waals surface area contributed by atoms with Crippen molar-refractivity contribution >= 4 is 31.5 Å². The summed E-state index contributed by atoms with van der Waals surface area (Å²) >= 11 is 10.9. The van der Waals surface area contributed by atoms with E-state index >= 15 is 0 Å². The van der Waals surface area contributed by atoms with Crippen LogP contribution in [0, 0.1) is 0 Å². The molecular weight excluding hydrogens is 222 g/mol. The number of allylic oxidation sites excluding steroid dienone is 1. The molecule has 1 N–H and O–H groups in total. The van der Waals surface area contributed by atoms with Gasteiger partial charge in [0.15, 0.2) is 6.26 Å². The first kappa shape index (κ1) is 12.2. The van der Waals surface area contributed by atoms with Gasteiger partial charge in [-0.25, -0.2) is 4.52 Å².